The van der Waals surface area contributed by atoms with Crippen molar-refractivity contribution in [1.29, 1.82) is 0 Å². The number of ether oxygens (including phenoxy) is 1. The molecular weight excluding hydrogens is 333 g/mol. The number of rotatable bonds is 4. The van der Waals surface area contributed by atoms with Crippen molar-refractivity contribution >= 4 is 10.0 Å². The molecule has 1 aromatic rings. The number of sulfonamides is 1. The summed E-state index contributed by atoms with van der Waals surface area (Å²) >= 11 is 0. The average Bonchev–Trinajstić information content (AvgIpc) is 2.46. The molecule has 130 valence electrons. The number of halogens is 3. The van der Waals surface area contributed by atoms with Gasteiger partial charge in [0.15, 0.2) is 0 Å². The number of hydrogen-bond donors (Lipinski definition) is 1. The summed E-state index contributed by atoms with van der Waals surface area (Å²) in [6, 6.07) is 4.11. The van der Waals surface area contributed by atoms with Crippen LogP contribution in [-0.4, -0.2) is 38.2 Å². The maximum absolute atomic E-state index is 12.6. The molecule has 0 aromatic heterocycles. The van der Waals surface area contributed by atoms with E-state index in [1.165, 1.54) is 4.31 Å². The molecule has 23 heavy (non-hydrogen) atoms. The Balaban J connectivity index is 2.16. The molecule has 0 unspecified atom stereocenters. The van der Waals surface area contributed by atoms with Gasteiger partial charge in [0.05, 0.1) is 4.90 Å². The highest BCUT2D eigenvalue weighted by Crippen LogP contribution is 2.27. The maximum Gasteiger partial charge on any atom is 0.573 e. The molecule has 1 fully saturated rings. The van der Waals surface area contributed by atoms with Crippen LogP contribution in [0.5, 0.6) is 5.75 Å². The van der Waals surface area contributed by atoms with E-state index in [0.29, 0.717) is 19.5 Å². The summed E-state index contributed by atoms with van der Waals surface area (Å²) in [6.07, 6.45) is -3.24. The van der Waals surface area contributed by atoms with Crippen LogP contribution in [0, 0.1) is 5.92 Å². The summed E-state index contributed by atoms with van der Waals surface area (Å²) in [7, 11) is -3.75. The first-order valence-corrected chi connectivity index (χ1v) is 8.65. The van der Waals surface area contributed by atoms with Crippen molar-refractivity contribution in [2.24, 2.45) is 11.7 Å². The summed E-state index contributed by atoms with van der Waals surface area (Å²) < 4.78 is 66.6. The van der Waals surface area contributed by atoms with Gasteiger partial charge in [-0.1, -0.05) is 0 Å². The van der Waals surface area contributed by atoms with E-state index in [1.54, 1.807) is 0 Å². The summed E-state index contributed by atoms with van der Waals surface area (Å²) in [6.45, 7) is 2.54. The number of benzene rings is 1. The van der Waals surface area contributed by atoms with Crippen LogP contribution in [0.15, 0.2) is 29.2 Å². The summed E-state index contributed by atoms with van der Waals surface area (Å²) in [4.78, 5) is -0.0580. The molecule has 0 bridgehead atoms. The first-order valence-electron chi connectivity index (χ1n) is 7.21. The lowest BCUT2D eigenvalue weighted by Gasteiger charge is -2.33. The van der Waals surface area contributed by atoms with Crippen molar-refractivity contribution in [3.8, 4) is 5.75 Å². The van der Waals surface area contributed by atoms with Crippen LogP contribution in [0.4, 0.5) is 13.2 Å². The van der Waals surface area contributed by atoms with Gasteiger partial charge in [-0.15, -0.1) is 13.2 Å². The third-order valence-corrected chi connectivity index (χ3v) is 5.74. The minimum Gasteiger partial charge on any atom is -0.406 e. The lowest BCUT2D eigenvalue weighted by molar-refractivity contribution is -0.274. The van der Waals surface area contributed by atoms with Crippen molar-refractivity contribution < 1.29 is 26.3 Å². The fourth-order valence-electron chi connectivity index (χ4n) is 2.58. The Morgan fingerprint density at radius 3 is 2.43 bits per heavy atom. The molecule has 2 N–H and O–H groups in total. The number of nitrogens with zero attached hydrogens (tertiary/aromatic N) is 1. The van der Waals surface area contributed by atoms with Crippen molar-refractivity contribution in [3.63, 3.8) is 0 Å². The topological polar surface area (TPSA) is 72.6 Å². The Labute approximate surface area is 133 Å². The van der Waals surface area contributed by atoms with Gasteiger partial charge in [-0.3, -0.25) is 0 Å². The van der Waals surface area contributed by atoms with E-state index < -0.39 is 22.1 Å². The SMILES string of the molecule is C[C@@H](N)[C@@H]1CCCN(S(=O)(=O)c2ccc(OC(F)(F)F)cc2)C1. The third kappa shape index (κ3) is 4.58. The van der Waals surface area contributed by atoms with Crippen molar-refractivity contribution in [3.05, 3.63) is 24.3 Å². The van der Waals surface area contributed by atoms with E-state index in [1.807, 2.05) is 6.92 Å². The van der Waals surface area contributed by atoms with Crippen molar-refractivity contribution in [1.82, 2.24) is 4.31 Å². The molecule has 9 heteroatoms. The zero-order valence-electron chi connectivity index (χ0n) is 12.6. The van der Waals surface area contributed by atoms with Gasteiger partial charge in [0.2, 0.25) is 10.0 Å². The minimum atomic E-state index is -4.81. The molecule has 1 aliphatic rings. The standard InChI is InChI=1S/C14H19F3N2O3S/c1-10(18)11-3-2-8-19(9-11)23(20,21)13-6-4-12(5-7-13)22-14(15,16)17/h4-7,10-11H,2-3,8-9,18H2,1H3/t10-,11-/m1/s1. The maximum atomic E-state index is 12.6. The predicted octanol–water partition coefficient (Wildman–Crippen LogP) is 2.33. The van der Waals surface area contributed by atoms with Crippen LogP contribution in [0.2, 0.25) is 0 Å². The first-order chi connectivity index (χ1) is 10.6. The number of alkyl halides is 3. The minimum absolute atomic E-state index is 0.0580. The molecule has 1 aromatic carbocycles. The molecule has 0 saturated carbocycles. The van der Waals surface area contributed by atoms with E-state index >= 15 is 0 Å². The number of hydrogen-bond acceptors (Lipinski definition) is 4. The molecule has 1 aliphatic heterocycles. The number of nitrogens with two attached hydrogens (primary N) is 1. The Morgan fingerprint density at radius 2 is 1.91 bits per heavy atom. The van der Waals surface area contributed by atoms with Crippen LogP contribution >= 0.6 is 0 Å². The van der Waals surface area contributed by atoms with Crippen LogP contribution in [0.1, 0.15) is 19.8 Å². The largest absolute Gasteiger partial charge is 0.573 e. The molecular formula is C14H19F3N2O3S. The number of piperidine rings is 1. The lowest BCUT2D eigenvalue weighted by Crippen LogP contribution is -2.44. The Morgan fingerprint density at radius 1 is 1.30 bits per heavy atom. The quantitative estimate of drug-likeness (QED) is 0.903. The average molecular weight is 352 g/mol. The summed E-state index contributed by atoms with van der Waals surface area (Å²) in [5, 5.41) is 0. The Bertz CT molecular complexity index is 630. The molecule has 5 nitrogen and oxygen atoms in total. The second-order valence-electron chi connectivity index (χ2n) is 5.64. The fraction of sp³-hybridized carbons (Fsp3) is 0.571. The first kappa shape index (κ1) is 18.0. The summed E-state index contributed by atoms with van der Waals surface area (Å²) in [5.41, 5.74) is 5.85. The second-order valence-corrected chi connectivity index (χ2v) is 7.58. The predicted molar refractivity (Wildman–Crippen MR) is 78.3 cm³/mol. The monoisotopic (exact) mass is 352 g/mol. The lowest BCUT2D eigenvalue weighted by atomic mass is 9.93. The molecule has 0 spiro atoms. The smallest absolute Gasteiger partial charge is 0.406 e. The van der Waals surface area contributed by atoms with E-state index in [9.17, 15) is 21.6 Å². The van der Waals surface area contributed by atoms with Gasteiger partial charge < -0.3 is 10.5 Å². The molecule has 1 saturated heterocycles. The van der Waals surface area contributed by atoms with Crippen LogP contribution in [0.25, 0.3) is 0 Å². The highest BCUT2D eigenvalue weighted by atomic mass is 32.2. The van der Waals surface area contributed by atoms with Gasteiger partial charge in [-0.25, -0.2) is 8.42 Å². The van der Waals surface area contributed by atoms with Gasteiger partial charge in [-0.05, 0) is 49.9 Å². The van der Waals surface area contributed by atoms with Crippen LogP contribution in [0.3, 0.4) is 0 Å². The van der Waals surface area contributed by atoms with Crippen molar-refractivity contribution in [2.75, 3.05) is 13.1 Å². The highest BCUT2D eigenvalue weighted by Gasteiger charge is 2.33. The van der Waals surface area contributed by atoms with E-state index in [2.05, 4.69) is 4.74 Å². The van der Waals surface area contributed by atoms with E-state index in [0.717, 1.165) is 30.7 Å². The zero-order valence-corrected chi connectivity index (χ0v) is 13.4. The van der Waals surface area contributed by atoms with E-state index in [-0.39, 0.29) is 16.9 Å². The fourth-order valence-corrected chi connectivity index (χ4v) is 4.12. The third-order valence-electron chi connectivity index (χ3n) is 3.86. The molecule has 1 heterocycles. The van der Waals surface area contributed by atoms with Gasteiger partial charge >= 0.3 is 6.36 Å². The van der Waals surface area contributed by atoms with Crippen LogP contribution < -0.4 is 10.5 Å². The second kappa shape index (κ2) is 6.66. The molecule has 2 rings (SSSR count). The highest BCUT2D eigenvalue weighted by molar-refractivity contribution is 7.89. The van der Waals surface area contributed by atoms with Gasteiger partial charge in [0.25, 0.3) is 0 Å². The van der Waals surface area contributed by atoms with Gasteiger partial charge in [0, 0.05) is 19.1 Å². The Kier molecular flexibility index (Phi) is 5.22. The molecule has 2 atom stereocenters. The molecule has 0 amide bonds. The molecule has 0 radical (unpaired) electrons. The van der Waals surface area contributed by atoms with Gasteiger partial charge in [0.1, 0.15) is 5.75 Å². The molecule has 0 aliphatic carbocycles. The normalized spacial score (nSPS) is 21.9. The van der Waals surface area contributed by atoms with E-state index in [4.69, 9.17) is 5.73 Å². The van der Waals surface area contributed by atoms with Gasteiger partial charge in [-0.2, -0.15) is 4.31 Å². The summed E-state index contributed by atoms with van der Waals surface area (Å²) in [5.74, 6) is -0.380. The Hall–Kier alpha value is -1.32. The van der Waals surface area contributed by atoms with Crippen molar-refractivity contribution in [2.45, 2.75) is 37.1 Å². The van der Waals surface area contributed by atoms with Crippen LogP contribution in [-0.2, 0) is 10.0 Å². The zero-order chi connectivity index (χ0) is 17.3.